The molecule has 0 saturated heterocycles. The minimum Gasteiger partial charge on any atom is -0.383 e. The molecule has 28 heavy (non-hydrogen) atoms. The quantitative estimate of drug-likeness (QED) is 0.805. The molecule has 0 aromatic carbocycles. The molecule has 152 valence electrons. The van der Waals surface area contributed by atoms with E-state index in [0.29, 0.717) is 24.9 Å². The summed E-state index contributed by atoms with van der Waals surface area (Å²) < 4.78 is 12.8. The van der Waals surface area contributed by atoms with Gasteiger partial charge in [0, 0.05) is 26.4 Å². The lowest BCUT2D eigenvalue weighted by atomic mass is 9.81. The van der Waals surface area contributed by atoms with Crippen molar-refractivity contribution in [2.24, 2.45) is 0 Å². The van der Waals surface area contributed by atoms with Crippen molar-refractivity contribution in [3.05, 3.63) is 23.1 Å². The summed E-state index contributed by atoms with van der Waals surface area (Å²) in [5, 5.41) is 16.0. The molecule has 9 nitrogen and oxygen atoms in total. The van der Waals surface area contributed by atoms with E-state index in [1.165, 1.54) is 6.42 Å². The summed E-state index contributed by atoms with van der Waals surface area (Å²) in [6.45, 7) is 2.84. The second kappa shape index (κ2) is 7.98. The fourth-order valence-corrected chi connectivity index (χ4v) is 4.49. The number of nitrogens with zero attached hydrogens (tertiary/aromatic N) is 5. The van der Waals surface area contributed by atoms with E-state index < -0.39 is 5.54 Å². The van der Waals surface area contributed by atoms with Gasteiger partial charge >= 0.3 is 0 Å². The average molecular weight is 388 g/mol. The van der Waals surface area contributed by atoms with Crippen molar-refractivity contribution in [3.8, 4) is 0 Å². The van der Waals surface area contributed by atoms with E-state index in [4.69, 9.17) is 14.2 Å². The molecular formula is C19H28N6O3. The van der Waals surface area contributed by atoms with Crippen molar-refractivity contribution in [3.63, 3.8) is 0 Å². The minimum absolute atomic E-state index is 0.0522. The Hall–Kier alpha value is -2.29. The van der Waals surface area contributed by atoms with Gasteiger partial charge in [0.1, 0.15) is 5.54 Å². The molecule has 2 aromatic rings. The van der Waals surface area contributed by atoms with Crippen LogP contribution in [0.25, 0.3) is 0 Å². The molecule has 4 rings (SSSR count). The number of aromatic nitrogens is 5. The van der Waals surface area contributed by atoms with E-state index >= 15 is 0 Å². The van der Waals surface area contributed by atoms with Gasteiger partial charge < -0.3 is 14.6 Å². The second-order valence-electron chi connectivity index (χ2n) is 7.92. The largest absolute Gasteiger partial charge is 0.383 e. The van der Waals surface area contributed by atoms with E-state index in [9.17, 15) is 4.79 Å². The Kier molecular flexibility index (Phi) is 5.43. The second-order valence-corrected chi connectivity index (χ2v) is 7.92. The van der Waals surface area contributed by atoms with Crippen LogP contribution >= 0.6 is 0 Å². The first-order valence-corrected chi connectivity index (χ1v) is 10.1. The van der Waals surface area contributed by atoms with Crippen LogP contribution in [-0.2, 0) is 34.5 Å². The van der Waals surface area contributed by atoms with Crippen LogP contribution < -0.4 is 5.32 Å². The van der Waals surface area contributed by atoms with Crippen LogP contribution in [0, 0.1) is 0 Å². The van der Waals surface area contributed by atoms with Gasteiger partial charge in [0.25, 0.3) is 0 Å². The third-order valence-corrected chi connectivity index (χ3v) is 5.94. The maximum absolute atomic E-state index is 11.8. The van der Waals surface area contributed by atoms with Crippen molar-refractivity contribution in [1.29, 1.82) is 0 Å². The van der Waals surface area contributed by atoms with Crippen molar-refractivity contribution in [2.45, 2.75) is 76.3 Å². The number of amides is 1. The third kappa shape index (κ3) is 3.67. The number of carbonyl (C=O) groups is 1. The summed E-state index contributed by atoms with van der Waals surface area (Å²) in [5.41, 5.74) is 1.68. The topological polar surface area (TPSA) is 108 Å². The summed E-state index contributed by atoms with van der Waals surface area (Å²) in [7, 11) is 1.68. The first-order valence-electron chi connectivity index (χ1n) is 10.1. The van der Waals surface area contributed by atoms with E-state index in [-0.39, 0.29) is 11.8 Å². The number of ether oxygens (including phenoxy) is 1. The normalized spacial score (nSPS) is 21.3. The summed E-state index contributed by atoms with van der Waals surface area (Å²) >= 11 is 0. The minimum atomic E-state index is -0.493. The predicted molar refractivity (Wildman–Crippen MR) is 99.5 cm³/mol. The summed E-state index contributed by atoms with van der Waals surface area (Å²) in [4.78, 5) is 16.6. The number of rotatable bonds is 6. The Labute approximate surface area is 164 Å². The van der Waals surface area contributed by atoms with Gasteiger partial charge in [-0.15, -0.1) is 5.10 Å². The molecule has 0 spiro atoms. The zero-order chi connectivity index (χ0) is 19.6. The molecule has 2 aliphatic carbocycles. The van der Waals surface area contributed by atoms with E-state index in [2.05, 4.69) is 20.8 Å². The van der Waals surface area contributed by atoms with Gasteiger partial charge in [-0.3, -0.25) is 4.79 Å². The maximum Gasteiger partial charge on any atom is 0.230 e. The first-order chi connectivity index (χ1) is 13.6. The highest BCUT2D eigenvalue weighted by Gasteiger charge is 2.40. The first kappa shape index (κ1) is 19.0. The highest BCUT2D eigenvalue weighted by atomic mass is 16.5. The van der Waals surface area contributed by atoms with Gasteiger partial charge in [-0.1, -0.05) is 29.6 Å². The fraction of sp³-hybridized carbons (Fsp3) is 0.737. The highest BCUT2D eigenvalue weighted by Crippen LogP contribution is 2.37. The van der Waals surface area contributed by atoms with Crippen LogP contribution in [0.1, 0.15) is 74.5 Å². The van der Waals surface area contributed by atoms with Gasteiger partial charge in [-0.05, 0) is 25.7 Å². The average Bonchev–Trinajstić information content (AvgIpc) is 3.34. The number of carbonyl (C=O) groups excluding carboxylic acids is 1. The zero-order valence-corrected chi connectivity index (χ0v) is 16.6. The lowest BCUT2D eigenvalue weighted by molar-refractivity contribution is -0.121. The Morgan fingerprint density at radius 3 is 2.93 bits per heavy atom. The molecule has 9 heteroatoms. The molecule has 0 bridgehead atoms. The molecule has 2 aliphatic rings. The lowest BCUT2D eigenvalue weighted by Crippen LogP contribution is -2.47. The van der Waals surface area contributed by atoms with Gasteiger partial charge in [0.2, 0.25) is 11.8 Å². The summed E-state index contributed by atoms with van der Waals surface area (Å²) in [5.74, 6) is 1.36. The van der Waals surface area contributed by atoms with Gasteiger partial charge in [0.05, 0.1) is 24.5 Å². The Morgan fingerprint density at radius 1 is 1.36 bits per heavy atom. The van der Waals surface area contributed by atoms with Crippen molar-refractivity contribution in [2.75, 3.05) is 13.7 Å². The van der Waals surface area contributed by atoms with Crippen molar-refractivity contribution < 1.29 is 14.1 Å². The predicted octanol–water partition coefficient (Wildman–Crippen LogP) is 1.88. The van der Waals surface area contributed by atoms with E-state index in [1.54, 1.807) is 14.0 Å². The number of methoxy groups -OCH3 is 1. The zero-order valence-electron chi connectivity index (χ0n) is 16.6. The highest BCUT2D eigenvalue weighted by molar-refractivity contribution is 5.74. The lowest BCUT2D eigenvalue weighted by Gasteiger charge is -2.34. The summed E-state index contributed by atoms with van der Waals surface area (Å²) in [6, 6.07) is 0. The monoisotopic (exact) mass is 388 g/mol. The standard InChI is InChI=1S/C19H28N6O3/c1-13(26)21-19(8-4-3-5-9-19)18-20-17(28-23-18)14-6-7-15-16(12-14)25(24-22-15)10-11-27-2/h14H,3-12H2,1-2H3,(H,21,26). The maximum atomic E-state index is 11.8. The van der Waals surface area contributed by atoms with Crippen LogP contribution in [0.3, 0.4) is 0 Å². The fourth-order valence-electron chi connectivity index (χ4n) is 4.49. The molecule has 1 N–H and O–H groups in total. The molecular weight excluding hydrogens is 360 g/mol. The molecule has 2 heterocycles. The number of hydrogen-bond acceptors (Lipinski definition) is 7. The number of aryl methyl sites for hydroxylation is 1. The molecule has 1 amide bonds. The molecule has 2 aromatic heterocycles. The molecule has 1 fully saturated rings. The number of hydrogen-bond donors (Lipinski definition) is 1. The number of fused-ring (bicyclic) bond motifs is 1. The van der Waals surface area contributed by atoms with Crippen LogP contribution in [0.2, 0.25) is 0 Å². The Balaban J connectivity index is 1.54. The van der Waals surface area contributed by atoms with Crippen LogP contribution in [-0.4, -0.2) is 44.8 Å². The van der Waals surface area contributed by atoms with Crippen LogP contribution in [0.5, 0.6) is 0 Å². The van der Waals surface area contributed by atoms with Crippen molar-refractivity contribution >= 4 is 5.91 Å². The molecule has 0 aliphatic heterocycles. The molecule has 1 atom stereocenters. The van der Waals surface area contributed by atoms with Crippen molar-refractivity contribution in [1.82, 2.24) is 30.5 Å². The van der Waals surface area contributed by atoms with Crippen LogP contribution in [0.15, 0.2) is 4.52 Å². The number of nitrogens with one attached hydrogen (secondary N) is 1. The Bertz CT molecular complexity index is 824. The van der Waals surface area contributed by atoms with Gasteiger partial charge in [-0.2, -0.15) is 4.98 Å². The van der Waals surface area contributed by atoms with Crippen LogP contribution in [0.4, 0.5) is 0 Å². The van der Waals surface area contributed by atoms with E-state index in [0.717, 1.165) is 56.3 Å². The molecule has 1 unspecified atom stereocenters. The Morgan fingerprint density at radius 2 is 2.18 bits per heavy atom. The molecule has 0 radical (unpaired) electrons. The SMILES string of the molecule is COCCn1nnc2c1CC(c1nc(C3(NC(C)=O)CCCCC3)no1)CC2. The van der Waals surface area contributed by atoms with Gasteiger partial charge in [0.15, 0.2) is 5.82 Å². The van der Waals surface area contributed by atoms with Gasteiger partial charge in [-0.25, -0.2) is 4.68 Å². The third-order valence-electron chi connectivity index (χ3n) is 5.94. The molecule has 1 saturated carbocycles. The smallest absolute Gasteiger partial charge is 0.230 e. The van der Waals surface area contributed by atoms with E-state index in [1.807, 2.05) is 4.68 Å². The summed E-state index contributed by atoms with van der Waals surface area (Å²) in [6.07, 6.45) is 7.54.